The molecule has 4 rings (SSSR count). The second-order valence-corrected chi connectivity index (χ2v) is 9.32. The quantitative estimate of drug-likeness (QED) is 0.205. The fourth-order valence-corrected chi connectivity index (χ4v) is 5.19. The summed E-state index contributed by atoms with van der Waals surface area (Å²) in [5.41, 5.74) is 1.44. The Bertz CT molecular complexity index is 1280. The summed E-state index contributed by atoms with van der Waals surface area (Å²) in [6.07, 6.45) is 0. The number of rotatable bonds is 8. The molecule has 2 saturated heterocycles. The normalized spacial score (nSPS) is 19.6. The van der Waals surface area contributed by atoms with Crippen molar-refractivity contribution in [3.05, 3.63) is 51.9 Å². The first-order valence-electron chi connectivity index (χ1n) is 12.4. The van der Waals surface area contributed by atoms with Crippen molar-refractivity contribution in [1.29, 1.82) is 0 Å². The Kier molecular flexibility index (Phi) is 8.08. The molecule has 11 nitrogen and oxygen atoms in total. The molecule has 0 bridgehead atoms. The van der Waals surface area contributed by atoms with Gasteiger partial charge in [-0.2, -0.15) is 0 Å². The van der Waals surface area contributed by atoms with E-state index in [1.165, 1.54) is 31.1 Å². The van der Waals surface area contributed by atoms with Crippen molar-refractivity contribution in [3.63, 3.8) is 0 Å². The number of H-pyrrole nitrogens is 1. The summed E-state index contributed by atoms with van der Waals surface area (Å²) < 4.78 is 21.1. The van der Waals surface area contributed by atoms with Gasteiger partial charge in [0.05, 0.1) is 53.7 Å². The number of aryl methyl sites for hydroxylation is 1. The number of methoxy groups -OCH3 is 3. The highest BCUT2D eigenvalue weighted by Gasteiger charge is 2.45. The van der Waals surface area contributed by atoms with Gasteiger partial charge in [0.15, 0.2) is 11.5 Å². The van der Waals surface area contributed by atoms with Crippen LogP contribution in [0, 0.1) is 13.8 Å². The molecule has 0 spiro atoms. The second-order valence-electron chi connectivity index (χ2n) is 9.32. The Morgan fingerprint density at radius 2 is 1.82 bits per heavy atom. The first kappa shape index (κ1) is 27.2. The van der Waals surface area contributed by atoms with E-state index in [9.17, 15) is 19.5 Å². The third-order valence-electron chi connectivity index (χ3n) is 7.21. The number of quaternary nitrogens is 1. The van der Waals surface area contributed by atoms with Crippen LogP contribution in [0.3, 0.4) is 0 Å². The van der Waals surface area contributed by atoms with Gasteiger partial charge in [-0.3, -0.25) is 9.59 Å². The maximum atomic E-state index is 14.0. The number of aromatic nitrogens is 1. The van der Waals surface area contributed by atoms with Crippen molar-refractivity contribution in [2.75, 3.05) is 60.7 Å². The molecule has 1 unspecified atom stereocenters. The zero-order valence-corrected chi connectivity index (χ0v) is 22.3. The van der Waals surface area contributed by atoms with Gasteiger partial charge in [0.2, 0.25) is 5.78 Å². The zero-order chi connectivity index (χ0) is 27.6. The lowest BCUT2D eigenvalue weighted by molar-refractivity contribution is -0.907. The number of nitrogens with zero attached hydrogens (tertiary/aromatic N) is 1. The predicted octanol–water partition coefficient (Wildman–Crippen LogP) is -0.426. The molecule has 3 heterocycles. The van der Waals surface area contributed by atoms with E-state index in [2.05, 4.69) is 4.98 Å². The number of carbonyl (C=O) groups is 3. The van der Waals surface area contributed by atoms with Gasteiger partial charge in [-0.15, -0.1) is 0 Å². The number of ether oxygens (including phenoxy) is 4. The Morgan fingerprint density at radius 1 is 1.13 bits per heavy atom. The summed E-state index contributed by atoms with van der Waals surface area (Å²) in [5, 5.41) is 14.0. The number of Topliss-reactive ketones (excluding diaryl/α,β-unsaturated/α-hetero) is 1. The first-order chi connectivity index (χ1) is 18.2. The SMILES string of the molecule is COC(=O)c1[nH]c(C)c(C([O-])=C2C(=O)C(=O)N(CC[NH+]3CCOCC3)C2c2ccc(OC)c(OC)c2)c1C. The number of morpholine rings is 1. The molecule has 1 amide bonds. The lowest BCUT2D eigenvalue weighted by Crippen LogP contribution is -3.14. The lowest BCUT2D eigenvalue weighted by atomic mass is 9.93. The Hall–Kier alpha value is -3.83. The third kappa shape index (κ3) is 4.86. The van der Waals surface area contributed by atoms with Crippen LogP contribution in [0.1, 0.15) is 38.9 Å². The van der Waals surface area contributed by atoms with Crippen molar-refractivity contribution in [3.8, 4) is 11.5 Å². The van der Waals surface area contributed by atoms with Gasteiger partial charge < -0.3 is 38.8 Å². The van der Waals surface area contributed by atoms with E-state index in [1.54, 1.807) is 32.0 Å². The average molecular weight is 528 g/mol. The van der Waals surface area contributed by atoms with Crippen molar-refractivity contribution in [2.45, 2.75) is 19.9 Å². The summed E-state index contributed by atoms with van der Waals surface area (Å²) in [4.78, 5) is 44.6. The van der Waals surface area contributed by atoms with Crippen LogP contribution in [0.4, 0.5) is 0 Å². The fraction of sp³-hybridized carbons (Fsp3) is 0.444. The Labute approximate surface area is 220 Å². The van der Waals surface area contributed by atoms with E-state index < -0.39 is 29.5 Å². The molecular weight excluding hydrogens is 494 g/mol. The second kappa shape index (κ2) is 11.3. The topological polar surface area (TPSA) is 135 Å². The zero-order valence-electron chi connectivity index (χ0n) is 22.3. The predicted molar refractivity (Wildman–Crippen MR) is 134 cm³/mol. The van der Waals surface area contributed by atoms with E-state index in [-0.39, 0.29) is 23.4 Å². The summed E-state index contributed by atoms with van der Waals surface area (Å²) in [5.74, 6) is -1.94. The maximum absolute atomic E-state index is 14.0. The fourth-order valence-electron chi connectivity index (χ4n) is 5.19. The van der Waals surface area contributed by atoms with Gasteiger partial charge >= 0.3 is 5.97 Å². The molecule has 1 atom stereocenters. The monoisotopic (exact) mass is 527 g/mol. The molecule has 1 aromatic heterocycles. The number of nitrogens with one attached hydrogen (secondary N) is 2. The van der Waals surface area contributed by atoms with E-state index >= 15 is 0 Å². The molecular formula is C27H33N3O8. The molecule has 38 heavy (non-hydrogen) atoms. The largest absolute Gasteiger partial charge is 0.872 e. The van der Waals surface area contributed by atoms with Crippen LogP contribution >= 0.6 is 0 Å². The lowest BCUT2D eigenvalue weighted by Gasteiger charge is -2.30. The van der Waals surface area contributed by atoms with Crippen molar-refractivity contribution in [1.82, 2.24) is 9.88 Å². The number of carbonyl (C=O) groups excluding carboxylic acids is 3. The van der Waals surface area contributed by atoms with Crippen LogP contribution in [-0.4, -0.2) is 88.3 Å². The Morgan fingerprint density at radius 3 is 2.45 bits per heavy atom. The van der Waals surface area contributed by atoms with Gasteiger partial charge in [0.1, 0.15) is 18.8 Å². The van der Waals surface area contributed by atoms with Gasteiger partial charge in [-0.1, -0.05) is 11.8 Å². The molecule has 2 aliphatic rings. The molecule has 2 N–H and O–H groups in total. The smallest absolute Gasteiger partial charge is 0.354 e. The first-order valence-corrected chi connectivity index (χ1v) is 12.4. The number of amides is 1. The van der Waals surface area contributed by atoms with E-state index in [0.29, 0.717) is 48.1 Å². The molecule has 0 saturated carbocycles. The van der Waals surface area contributed by atoms with E-state index in [1.807, 2.05) is 0 Å². The van der Waals surface area contributed by atoms with Crippen LogP contribution in [0.5, 0.6) is 11.5 Å². The number of benzene rings is 1. The Balaban J connectivity index is 1.84. The molecule has 204 valence electrons. The van der Waals surface area contributed by atoms with Crippen LogP contribution < -0.4 is 19.5 Å². The standard InChI is InChI=1S/C27H33N3O8/c1-15-20(16(2)28-22(15)27(34)37-5)24(31)21-23(17-6-7-18(35-3)19(14-17)36-4)30(26(33)25(21)32)9-8-29-10-12-38-13-11-29/h6-7,14,23,28,31H,8-13H2,1-5H3. The third-order valence-corrected chi connectivity index (χ3v) is 7.21. The minimum atomic E-state index is -0.932. The number of likely N-dealkylation sites (tertiary alicyclic amines) is 1. The van der Waals surface area contributed by atoms with Crippen LogP contribution in [0.25, 0.3) is 5.76 Å². The van der Waals surface area contributed by atoms with Crippen molar-refractivity contribution < 1.29 is 43.3 Å². The number of hydrogen-bond donors (Lipinski definition) is 2. The van der Waals surface area contributed by atoms with Crippen molar-refractivity contribution in [2.24, 2.45) is 0 Å². The maximum Gasteiger partial charge on any atom is 0.354 e. The highest BCUT2D eigenvalue weighted by molar-refractivity contribution is 6.46. The van der Waals surface area contributed by atoms with Gasteiger partial charge in [0.25, 0.3) is 5.91 Å². The summed E-state index contributed by atoms with van der Waals surface area (Å²) >= 11 is 0. The summed E-state index contributed by atoms with van der Waals surface area (Å²) in [6.45, 7) is 6.97. The molecule has 2 aliphatic heterocycles. The molecule has 2 fully saturated rings. The van der Waals surface area contributed by atoms with E-state index in [0.717, 1.165) is 13.1 Å². The number of hydrogen-bond acceptors (Lipinski definition) is 8. The minimum absolute atomic E-state index is 0.126. The van der Waals surface area contributed by atoms with Crippen molar-refractivity contribution >= 4 is 23.4 Å². The molecule has 11 heteroatoms. The highest BCUT2D eigenvalue weighted by atomic mass is 16.5. The molecule has 2 aromatic rings. The van der Waals surface area contributed by atoms with Gasteiger partial charge in [-0.25, -0.2) is 4.79 Å². The van der Waals surface area contributed by atoms with E-state index in [4.69, 9.17) is 18.9 Å². The number of esters is 1. The molecule has 0 aliphatic carbocycles. The average Bonchev–Trinajstić information content (AvgIpc) is 3.37. The van der Waals surface area contributed by atoms with Crippen LogP contribution in [-0.2, 0) is 19.1 Å². The van der Waals surface area contributed by atoms with Crippen LogP contribution in [0.2, 0.25) is 0 Å². The van der Waals surface area contributed by atoms with Gasteiger partial charge in [0, 0.05) is 11.3 Å². The number of ketones is 1. The summed E-state index contributed by atoms with van der Waals surface area (Å²) in [6, 6.07) is 4.14. The summed E-state index contributed by atoms with van der Waals surface area (Å²) in [7, 11) is 4.24. The number of aromatic amines is 1. The minimum Gasteiger partial charge on any atom is -0.872 e. The highest BCUT2D eigenvalue weighted by Crippen LogP contribution is 2.42. The van der Waals surface area contributed by atoms with Crippen LogP contribution in [0.15, 0.2) is 23.8 Å². The molecule has 1 aromatic carbocycles. The van der Waals surface area contributed by atoms with Gasteiger partial charge in [-0.05, 0) is 42.7 Å². The molecule has 0 radical (unpaired) electrons.